The van der Waals surface area contributed by atoms with E-state index in [1.165, 1.54) is 32.1 Å². The molecule has 0 unspecified atom stereocenters. The number of carbonyl (C=O) groups is 1. The molecule has 2 saturated heterocycles. The molecule has 0 aromatic carbocycles. The van der Waals surface area contributed by atoms with Crippen molar-refractivity contribution >= 4 is 5.91 Å². The topological polar surface area (TPSA) is 63.1 Å². The maximum atomic E-state index is 13.1. The zero-order valence-electron chi connectivity index (χ0n) is 15.0. The van der Waals surface area contributed by atoms with Crippen LogP contribution in [0.25, 0.3) is 0 Å². The quantitative estimate of drug-likeness (QED) is 0.890. The van der Waals surface area contributed by atoms with E-state index in [4.69, 9.17) is 0 Å². The number of likely N-dealkylation sites (tertiary alicyclic amines) is 1. The maximum Gasteiger partial charge on any atom is 0.239 e. The molecule has 1 saturated carbocycles. The summed E-state index contributed by atoms with van der Waals surface area (Å²) in [7, 11) is 0. The fourth-order valence-corrected chi connectivity index (χ4v) is 5.59. The zero-order chi connectivity index (χ0) is 16.8. The van der Waals surface area contributed by atoms with Crippen LogP contribution in [0.5, 0.6) is 0 Å². The van der Waals surface area contributed by atoms with Crippen molar-refractivity contribution in [2.24, 2.45) is 5.92 Å². The third-order valence-electron chi connectivity index (χ3n) is 6.90. The number of piperidine rings is 1. The molecule has 136 valence electrons. The SMILES string of the molecule is O=C([C@@H]1C[C@@H]2CCCC[C@@H]2N1)N1CCC[C@H](c2nnc3n2CCC3)C1. The van der Waals surface area contributed by atoms with E-state index in [0.717, 1.165) is 62.9 Å². The molecule has 1 aromatic heterocycles. The zero-order valence-corrected chi connectivity index (χ0v) is 15.0. The van der Waals surface area contributed by atoms with E-state index in [0.29, 0.717) is 17.9 Å². The minimum atomic E-state index is 0.0518. The van der Waals surface area contributed by atoms with E-state index < -0.39 is 0 Å². The fraction of sp³-hybridized carbons (Fsp3) is 0.842. The van der Waals surface area contributed by atoms with Crippen molar-refractivity contribution in [2.75, 3.05) is 13.1 Å². The molecule has 6 heteroatoms. The predicted molar refractivity (Wildman–Crippen MR) is 94.2 cm³/mol. The molecule has 1 N–H and O–H groups in total. The van der Waals surface area contributed by atoms with E-state index in [1.54, 1.807) is 0 Å². The van der Waals surface area contributed by atoms with Crippen molar-refractivity contribution in [2.45, 2.75) is 82.3 Å². The van der Waals surface area contributed by atoms with Crippen molar-refractivity contribution in [3.8, 4) is 0 Å². The summed E-state index contributed by atoms with van der Waals surface area (Å²) in [5.41, 5.74) is 0. The molecule has 4 aliphatic rings. The Balaban J connectivity index is 1.27. The Labute approximate surface area is 149 Å². The number of carbonyl (C=O) groups excluding carboxylic acids is 1. The van der Waals surface area contributed by atoms with Crippen LogP contribution in [-0.4, -0.2) is 50.7 Å². The lowest BCUT2D eigenvalue weighted by Crippen LogP contribution is -2.48. The molecule has 3 fully saturated rings. The summed E-state index contributed by atoms with van der Waals surface area (Å²) in [6, 6.07) is 0.638. The first-order chi connectivity index (χ1) is 12.3. The Morgan fingerprint density at radius 1 is 1.04 bits per heavy atom. The molecule has 0 bridgehead atoms. The molecular weight excluding hydrogens is 314 g/mol. The van der Waals surface area contributed by atoms with Crippen LogP contribution in [0, 0.1) is 5.92 Å². The summed E-state index contributed by atoms with van der Waals surface area (Å²) in [4.78, 5) is 15.2. The summed E-state index contributed by atoms with van der Waals surface area (Å²) >= 11 is 0. The minimum absolute atomic E-state index is 0.0518. The van der Waals surface area contributed by atoms with Crippen molar-refractivity contribution in [1.82, 2.24) is 25.0 Å². The first-order valence-electron chi connectivity index (χ1n) is 10.3. The van der Waals surface area contributed by atoms with Crippen LogP contribution in [-0.2, 0) is 17.8 Å². The lowest BCUT2D eigenvalue weighted by Gasteiger charge is -2.34. The first-order valence-corrected chi connectivity index (χ1v) is 10.3. The van der Waals surface area contributed by atoms with Gasteiger partial charge in [0.25, 0.3) is 0 Å². The molecule has 1 amide bonds. The molecule has 0 radical (unpaired) electrons. The monoisotopic (exact) mass is 343 g/mol. The van der Waals surface area contributed by atoms with Crippen LogP contribution in [0.15, 0.2) is 0 Å². The lowest BCUT2D eigenvalue weighted by atomic mass is 9.85. The van der Waals surface area contributed by atoms with Crippen LogP contribution in [0.3, 0.4) is 0 Å². The van der Waals surface area contributed by atoms with Gasteiger partial charge in [-0.05, 0) is 44.4 Å². The Morgan fingerprint density at radius 3 is 2.88 bits per heavy atom. The van der Waals surface area contributed by atoms with E-state index in [1.807, 2.05) is 0 Å². The van der Waals surface area contributed by atoms with Crippen LogP contribution < -0.4 is 5.32 Å². The molecule has 4 atom stereocenters. The predicted octanol–water partition coefficient (Wildman–Crippen LogP) is 1.85. The average molecular weight is 343 g/mol. The number of rotatable bonds is 2. The Kier molecular flexibility index (Phi) is 4.03. The summed E-state index contributed by atoms with van der Waals surface area (Å²) < 4.78 is 2.31. The number of amides is 1. The van der Waals surface area contributed by atoms with Gasteiger partial charge >= 0.3 is 0 Å². The number of aromatic nitrogens is 3. The maximum absolute atomic E-state index is 13.1. The second-order valence-electron chi connectivity index (χ2n) is 8.46. The van der Waals surface area contributed by atoms with Crippen molar-refractivity contribution < 1.29 is 4.79 Å². The van der Waals surface area contributed by atoms with Gasteiger partial charge in [-0.25, -0.2) is 0 Å². The van der Waals surface area contributed by atoms with E-state index in [2.05, 4.69) is 25.0 Å². The standard InChI is InChI=1S/C19H29N5O/c25-19(16-11-13-5-1-2-7-15(13)20-16)23-9-3-6-14(12-23)18-22-21-17-8-4-10-24(17)18/h13-16,20H,1-12H2/t13-,14-,15-,16-/m0/s1. The molecule has 6 nitrogen and oxygen atoms in total. The van der Waals surface area contributed by atoms with Crippen molar-refractivity contribution in [3.05, 3.63) is 11.6 Å². The molecule has 4 heterocycles. The largest absolute Gasteiger partial charge is 0.341 e. The van der Waals surface area contributed by atoms with Gasteiger partial charge in [0.1, 0.15) is 11.6 Å². The van der Waals surface area contributed by atoms with Crippen molar-refractivity contribution in [1.29, 1.82) is 0 Å². The molecule has 1 aromatic rings. The van der Waals surface area contributed by atoms with E-state index in [9.17, 15) is 4.79 Å². The van der Waals surface area contributed by atoms with Crippen molar-refractivity contribution in [3.63, 3.8) is 0 Å². The first kappa shape index (κ1) is 15.8. The number of nitrogens with zero attached hydrogens (tertiary/aromatic N) is 4. The van der Waals surface area contributed by atoms with Crippen LogP contribution >= 0.6 is 0 Å². The van der Waals surface area contributed by atoms with Gasteiger partial charge in [-0.2, -0.15) is 0 Å². The van der Waals surface area contributed by atoms with Gasteiger partial charge in [-0.1, -0.05) is 12.8 Å². The fourth-order valence-electron chi connectivity index (χ4n) is 5.59. The molecular formula is C19H29N5O. The highest BCUT2D eigenvalue weighted by molar-refractivity contribution is 5.82. The number of hydrogen-bond acceptors (Lipinski definition) is 4. The Bertz CT molecular complexity index is 642. The van der Waals surface area contributed by atoms with Gasteiger partial charge in [0, 0.05) is 38.0 Å². The van der Waals surface area contributed by atoms with Crippen LogP contribution in [0.2, 0.25) is 0 Å². The number of aryl methyl sites for hydroxylation is 1. The lowest BCUT2D eigenvalue weighted by molar-refractivity contribution is -0.134. The third kappa shape index (κ3) is 2.78. The molecule has 25 heavy (non-hydrogen) atoms. The summed E-state index contributed by atoms with van der Waals surface area (Å²) in [6.45, 7) is 2.78. The number of fused-ring (bicyclic) bond motifs is 2. The van der Waals surface area contributed by atoms with Crippen LogP contribution in [0.4, 0.5) is 0 Å². The normalized spacial score (nSPS) is 34.8. The molecule has 1 aliphatic carbocycles. The van der Waals surface area contributed by atoms with Gasteiger partial charge in [-0.3, -0.25) is 4.79 Å². The second-order valence-corrected chi connectivity index (χ2v) is 8.46. The highest BCUT2D eigenvalue weighted by Gasteiger charge is 2.41. The molecule has 3 aliphatic heterocycles. The summed E-state index contributed by atoms with van der Waals surface area (Å²) in [6.07, 6.45) is 10.7. The average Bonchev–Trinajstić information content (AvgIpc) is 3.35. The van der Waals surface area contributed by atoms with Gasteiger partial charge in [0.2, 0.25) is 5.91 Å². The van der Waals surface area contributed by atoms with Gasteiger partial charge in [0.05, 0.1) is 6.04 Å². The van der Waals surface area contributed by atoms with Gasteiger partial charge in [0.15, 0.2) is 0 Å². The Morgan fingerprint density at radius 2 is 1.96 bits per heavy atom. The summed E-state index contributed by atoms with van der Waals surface area (Å²) in [5.74, 6) is 3.68. The molecule has 0 spiro atoms. The smallest absolute Gasteiger partial charge is 0.239 e. The van der Waals surface area contributed by atoms with Gasteiger partial charge < -0.3 is 14.8 Å². The third-order valence-corrected chi connectivity index (χ3v) is 6.90. The van der Waals surface area contributed by atoms with E-state index in [-0.39, 0.29) is 6.04 Å². The number of hydrogen-bond donors (Lipinski definition) is 1. The highest BCUT2D eigenvalue weighted by atomic mass is 16.2. The highest BCUT2D eigenvalue weighted by Crippen LogP contribution is 2.35. The second kappa shape index (κ2) is 6.38. The summed E-state index contributed by atoms with van der Waals surface area (Å²) in [5, 5.41) is 12.5. The van der Waals surface area contributed by atoms with Gasteiger partial charge in [-0.15, -0.1) is 10.2 Å². The van der Waals surface area contributed by atoms with E-state index >= 15 is 0 Å². The van der Waals surface area contributed by atoms with Crippen LogP contribution in [0.1, 0.15) is 68.9 Å². The number of nitrogens with one attached hydrogen (secondary N) is 1. The molecule has 5 rings (SSSR count). The Hall–Kier alpha value is -1.43. The minimum Gasteiger partial charge on any atom is -0.341 e.